The molecule has 7 nitrogen and oxygen atoms in total. The molecule has 0 aromatic heterocycles. The first kappa shape index (κ1) is 19.7. The highest BCUT2D eigenvalue weighted by Crippen LogP contribution is 2.28. The van der Waals surface area contributed by atoms with Crippen LogP contribution >= 0.6 is 11.6 Å². The Morgan fingerprint density at radius 2 is 1.96 bits per heavy atom. The van der Waals surface area contributed by atoms with Crippen molar-refractivity contribution in [2.24, 2.45) is 11.7 Å². The van der Waals surface area contributed by atoms with Crippen LogP contribution in [-0.4, -0.2) is 30.9 Å². The largest absolute Gasteiger partial charge is 0.493 e. The minimum atomic E-state index is -0.446. The fourth-order valence-electron chi connectivity index (χ4n) is 2.93. The molecule has 1 fully saturated rings. The van der Waals surface area contributed by atoms with Gasteiger partial charge < -0.3 is 20.7 Å². The number of carbonyl (C=O) groups is 3. The molecular formula is C20H20ClN3O4. The van der Waals surface area contributed by atoms with Crippen LogP contribution in [0.4, 0.5) is 11.4 Å². The number of benzene rings is 2. The van der Waals surface area contributed by atoms with E-state index in [-0.39, 0.29) is 31.3 Å². The van der Waals surface area contributed by atoms with Gasteiger partial charge in [0.15, 0.2) is 0 Å². The topological polar surface area (TPSA) is 102 Å². The molecule has 0 saturated carbocycles. The molecule has 1 saturated heterocycles. The highest BCUT2D eigenvalue weighted by molar-refractivity contribution is 6.31. The zero-order valence-electron chi connectivity index (χ0n) is 15.1. The lowest BCUT2D eigenvalue weighted by atomic mass is 10.1. The van der Waals surface area contributed by atoms with Gasteiger partial charge in [-0.1, -0.05) is 17.7 Å². The number of amides is 3. The van der Waals surface area contributed by atoms with E-state index in [2.05, 4.69) is 5.32 Å². The van der Waals surface area contributed by atoms with Crippen LogP contribution in [0, 0.1) is 5.92 Å². The maximum absolute atomic E-state index is 12.5. The predicted octanol–water partition coefficient (Wildman–Crippen LogP) is 2.59. The Morgan fingerprint density at radius 1 is 1.21 bits per heavy atom. The molecule has 8 heteroatoms. The van der Waals surface area contributed by atoms with E-state index in [1.165, 1.54) is 0 Å². The number of halogens is 1. The quantitative estimate of drug-likeness (QED) is 0.744. The van der Waals surface area contributed by atoms with Crippen LogP contribution in [0.2, 0.25) is 5.02 Å². The maximum Gasteiger partial charge on any atom is 0.229 e. The molecular weight excluding hydrogens is 382 g/mol. The molecule has 1 heterocycles. The molecule has 28 heavy (non-hydrogen) atoms. The monoisotopic (exact) mass is 401 g/mol. The van der Waals surface area contributed by atoms with Gasteiger partial charge in [-0.3, -0.25) is 14.4 Å². The van der Waals surface area contributed by atoms with Crippen molar-refractivity contribution in [3.8, 4) is 5.75 Å². The summed E-state index contributed by atoms with van der Waals surface area (Å²) < 4.78 is 5.39. The third kappa shape index (κ3) is 5.01. The standard InChI is InChI=1S/C20H20ClN3O4/c21-14-2-1-3-16(11-14)24-12-13(10-19(24)26)20(27)23-15-4-6-17(7-5-15)28-9-8-18(22)25/h1-7,11,13H,8-10,12H2,(H2,22,25)(H,23,27). The van der Waals surface area contributed by atoms with E-state index in [1.54, 1.807) is 53.4 Å². The number of nitrogens with two attached hydrogens (primary N) is 1. The summed E-state index contributed by atoms with van der Waals surface area (Å²) in [7, 11) is 0. The lowest BCUT2D eigenvalue weighted by molar-refractivity contribution is -0.122. The molecule has 146 valence electrons. The second kappa shape index (κ2) is 8.75. The number of rotatable bonds is 7. The molecule has 1 aliphatic heterocycles. The number of hydrogen-bond donors (Lipinski definition) is 2. The van der Waals surface area contributed by atoms with Gasteiger partial charge >= 0.3 is 0 Å². The summed E-state index contributed by atoms with van der Waals surface area (Å²) in [6.07, 6.45) is 0.282. The van der Waals surface area contributed by atoms with Gasteiger partial charge in [0, 0.05) is 29.4 Å². The first-order valence-electron chi connectivity index (χ1n) is 8.80. The van der Waals surface area contributed by atoms with Crippen molar-refractivity contribution in [2.45, 2.75) is 12.8 Å². The Labute approximate surface area is 167 Å². The highest BCUT2D eigenvalue weighted by atomic mass is 35.5. The summed E-state index contributed by atoms with van der Waals surface area (Å²) in [5.41, 5.74) is 6.34. The Bertz CT molecular complexity index is 885. The van der Waals surface area contributed by atoms with E-state index in [0.29, 0.717) is 28.7 Å². The van der Waals surface area contributed by atoms with Crippen molar-refractivity contribution < 1.29 is 19.1 Å². The number of nitrogens with one attached hydrogen (secondary N) is 1. The fourth-order valence-corrected chi connectivity index (χ4v) is 3.11. The van der Waals surface area contributed by atoms with Crippen LogP contribution in [0.5, 0.6) is 5.75 Å². The van der Waals surface area contributed by atoms with E-state index in [9.17, 15) is 14.4 Å². The van der Waals surface area contributed by atoms with Crippen LogP contribution < -0.4 is 20.7 Å². The van der Waals surface area contributed by atoms with Crippen LogP contribution in [0.3, 0.4) is 0 Å². The molecule has 3 rings (SSSR count). The molecule has 3 amide bonds. The van der Waals surface area contributed by atoms with Gasteiger partial charge in [0.25, 0.3) is 0 Å². The van der Waals surface area contributed by atoms with Crippen molar-refractivity contribution in [3.63, 3.8) is 0 Å². The Hall–Kier alpha value is -3.06. The van der Waals surface area contributed by atoms with E-state index >= 15 is 0 Å². The van der Waals surface area contributed by atoms with Gasteiger partial charge in [0.1, 0.15) is 5.75 Å². The van der Waals surface area contributed by atoms with Crippen molar-refractivity contribution in [2.75, 3.05) is 23.4 Å². The first-order chi connectivity index (χ1) is 13.4. The van der Waals surface area contributed by atoms with Crippen molar-refractivity contribution in [3.05, 3.63) is 53.6 Å². The molecule has 0 bridgehead atoms. The average Bonchev–Trinajstić information content (AvgIpc) is 3.05. The van der Waals surface area contributed by atoms with Crippen LogP contribution in [0.15, 0.2) is 48.5 Å². The molecule has 1 aliphatic rings. The Kier molecular flexibility index (Phi) is 6.16. The summed E-state index contributed by atoms with van der Waals surface area (Å²) in [6.45, 7) is 0.504. The third-order valence-electron chi connectivity index (χ3n) is 4.35. The lowest BCUT2D eigenvalue weighted by Crippen LogP contribution is -2.28. The zero-order chi connectivity index (χ0) is 20.1. The fraction of sp³-hybridized carbons (Fsp3) is 0.250. The molecule has 2 aromatic carbocycles. The van der Waals surface area contributed by atoms with Gasteiger partial charge in [-0.2, -0.15) is 0 Å². The third-order valence-corrected chi connectivity index (χ3v) is 4.59. The van der Waals surface area contributed by atoms with Gasteiger partial charge in [-0.15, -0.1) is 0 Å². The molecule has 3 N–H and O–H groups in total. The summed E-state index contributed by atoms with van der Waals surface area (Å²) in [6, 6.07) is 13.8. The van der Waals surface area contributed by atoms with E-state index < -0.39 is 11.8 Å². The van der Waals surface area contributed by atoms with Crippen molar-refractivity contribution >= 4 is 40.7 Å². The summed E-state index contributed by atoms with van der Waals surface area (Å²) >= 11 is 5.99. The van der Waals surface area contributed by atoms with Gasteiger partial charge in [-0.25, -0.2) is 0 Å². The second-order valence-corrected chi connectivity index (χ2v) is 6.90. The summed E-state index contributed by atoms with van der Waals surface area (Å²) in [4.78, 5) is 37.1. The summed E-state index contributed by atoms with van der Waals surface area (Å²) in [5, 5.41) is 3.35. The van der Waals surface area contributed by atoms with Gasteiger partial charge in [-0.05, 0) is 42.5 Å². The van der Waals surface area contributed by atoms with E-state index in [4.69, 9.17) is 22.1 Å². The number of hydrogen-bond acceptors (Lipinski definition) is 4. The highest BCUT2D eigenvalue weighted by Gasteiger charge is 2.35. The smallest absolute Gasteiger partial charge is 0.229 e. The number of nitrogens with zero attached hydrogens (tertiary/aromatic N) is 1. The normalized spacial score (nSPS) is 16.1. The van der Waals surface area contributed by atoms with E-state index in [1.807, 2.05) is 0 Å². The molecule has 0 spiro atoms. The molecule has 1 unspecified atom stereocenters. The molecule has 0 radical (unpaired) electrons. The van der Waals surface area contributed by atoms with Crippen molar-refractivity contribution in [1.82, 2.24) is 0 Å². The van der Waals surface area contributed by atoms with Crippen molar-refractivity contribution in [1.29, 1.82) is 0 Å². The van der Waals surface area contributed by atoms with Crippen LogP contribution in [-0.2, 0) is 14.4 Å². The van der Waals surface area contributed by atoms with E-state index in [0.717, 1.165) is 0 Å². The predicted molar refractivity (Wildman–Crippen MR) is 106 cm³/mol. The second-order valence-electron chi connectivity index (χ2n) is 6.46. The SMILES string of the molecule is NC(=O)CCOc1ccc(NC(=O)C2CC(=O)N(c3cccc(Cl)c3)C2)cc1. The van der Waals surface area contributed by atoms with Crippen LogP contribution in [0.25, 0.3) is 0 Å². The Morgan fingerprint density at radius 3 is 2.64 bits per heavy atom. The molecule has 2 aromatic rings. The zero-order valence-corrected chi connectivity index (χ0v) is 15.8. The molecule has 0 aliphatic carbocycles. The maximum atomic E-state index is 12.5. The van der Waals surface area contributed by atoms with Crippen LogP contribution in [0.1, 0.15) is 12.8 Å². The summed E-state index contributed by atoms with van der Waals surface area (Å²) in [5.74, 6) is -0.636. The van der Waals surface area contributed by atoms with Gasteiger partial charge in [0.2, 0.25) is 17.7 Å². The number of anilines is 2. The number of primary amides is 1. The Balaban J connectivity index is 1.56. The lowest BCUT2D eigenvalue weighted by Gasteiger charge is -2.17. The minimum Gasteiger partial charge on any atom is -0.493 e. The minimum absolute atomic E-state index is 0.111. The number of carbonyl (C=O) groups excluding carboxylic acids is 3. The first-order valence-corrected chi connectivity index (χ1v) is 9.18. The molecule has 1 atom stereocenters. The van der Waals surface area contributed by atoms with Gasteiger partial charge in [0.05, 0.1) is 18.9 Å². The number of ether oxygens (including phenoxy) is 1. The average molecular weight is 402 g/mol.